The SMILES string of the molecule is CCOC(=O)Cc1ccc(CC(=O)CBr)c(C#N)c1. The Bertz CT molecular complexity index is 520. The van der Waals surface area contributed by atoms with Gasteiger partial charge in [0.1, 0.15) is 5.78 Å². The summed E-state index contributed by atoms with van der Waals surface area (Å²) in [6, 6.07) is 7.14. The fourth-order valence-corrected chi connectivity index (χ4v) is 1.83. The van der Waals surface area contributed by atoms with Gasteiger partial charge in [-0.25, -0.2) is 0 Å². The van der Waals surface area contributed by atoms with E-state index in [2.05, 4.69) is 22.0 Å². The van der Waals surface area contributed by atoms with Crippen molar-refractivity contribution in [2.75, 3.05) is 11.9 Å². The molecule has 4 nitrogen and oxygen atoms in total. The van der Waals surface area contributed by atoms with E-state index in [1.54, 1.807) is 25.1 Å². The number of rotatable bonds is 6. The van der Waals surface area contributed by atoms with Crippen molar-refractivity contribution in [2.45, 2.75) is 19.8 Å². The highest BCUT2D eigenvalue weighted by molar-refractivity contribution is 9.09. The molecule has 0 aliphatic rings. The van der Waals surface area contributed by atoms with Crippen molar-refractivity contribution in [3.8, 4) is 6.07 Å². The second-order valence-corrected chi connectivity index (χ2v) is 4.49. The van der Waals surface area contributed by atoms with Crippen molar-refractivity contribution in [1.29, 1.82) is 5.26 Å². The van der Waals surface area contributed by atoms with E-state index in [1.807, 2.05) is 0 Å². The number of hydrogen-bond donors (Lipinski definition) is 0. The Morgan fingerprint density at radius 1 is 1.37 bits per heavy atom. The average Bonchev–Trinajstić information content (AvgIpc) is 2.40. The molecule has 19 heavy (non-hydrogen) atoms. The summed E-state index contributed by atoms with van der Waals surface area (Å²) in [6.45, 7) is 2.08. The number of benzene rings is 1. The summed E-state index contributed by atoms with van der Waals surface area (Å²) in [4.78, 5) is 22.7. The van der Waals surface area contributed by atoms with Gasteiger partial charge >= 0.3 is 5.97 Å². The van der Waals surface area contributed by atoms with Gasteiger partial charge in [-0.1, -0.05) is 28.1 Å². The number of nitrogens with zero attached hydrogens (tertiary/aromatic N) is 1. The Balaban J connectivity index is 2.87. The largest absolute Gasteiger partial charge is 0.466 e. The molecule has 100 valence electrons. The van der Waals surface area contributed by atoms with Crippen molar-refractivity contribution >= 4 is 27.7 Å². The quantitative estimate of drug-likeness (QED) is 0.594. The van der Waals surface area contributed by atoms with Gasteiger partial charge in [0.25, 0.3) is 0 Å². The molecular formula is C14H14BrNO3. The first-order valence-electron chi connectivity index (χ1n) is 5.85. The Morgan fingerprint density at radius 3 is 2.68 bits per heavy atom. The molecule has 0 fully saturated rings. The van der Waals surface area contributed by atoms with Crippen LogP contribution in [0.2, 0.25) is 0 Å². The minimum absolute atomic E-state index is 0.00893. The molecule has 0 atom stereocenters. The van der Waals surface area contributed by atoms with Crippen molar-refractivity contribution < 1.29 is 14.3 Å². The molecule has 0 N–H and O–H groups in total. The van der Waals surface area contributed by atoms with Crippen LogP contribution in [0.5, 0.6) is 0 Å². The standard InChI is InChI=1S/C14H14BrNO3/c1-2-19-14(18)6-10-3-4-11(7-13(17)8-15)12(5-10)9-16/h3-5H,2,6-8H2,1H3. The van der Waals surface area contributed by atoms with E-state index in [0.29, 0.717) is 23.3 Å². The van der Waals surface area contributed by atoms with Crippen molar-refractivity contribution in [3.63, 3.8) is 0 Å². The number of hydrogen-bond acceptors (Lipinski definition) is 4. The lowest BCUT2D eigenvalue weighted by Gasteiger charge is -2.06. The number of Topliss-reactive ketones (excluding diaryl/α,β-unsaturated/α-hetero) is 1. The molecular weight excluding hydrogens is 310 g/mol. The zero-order valence-corrected chi connectivity index (χ0v) is 12.2. The molecule has 1 aromatic carbocycles. The fraction of sp³-hybridized carbons (Fsp3) is 0.357. The van der Waals surface area contributed by atoms with Crippen LogP contribution in [-0.2, 0) is 27.2 Å². The molecule has 1 rings (SSSR count). The summed E-state index contributed by atoms with van der Waals surface area (Å²) < 4.78 is 4.85. The van der Waals surface area contributed by atoms with Crippen LogP contribution in [0, 0.1) is 11.3 Å². The van der Waals surface area contributed by atoms with Gasteiger partial charge in [0.2, 0.25) is 0 Å². The minimum atomic E-state index is -0.323. The number of halogens is 1. The Kier molecular flexibility index (Phi) is 6.23. The smallest absolute Gasteiger partial charge is 0.310 e. The third-order valence-corrected chi connectivity index (χ3v) is 3.11. The molecule has 0 aromatic heterocycles. The summed E-state index contributed by atoms with van der Waals surface area (Å²) in [6.07, 6.45) is 0.350. The molecule has 0 saturated carbocycles. The number of carbonyl (C=O) groups excluding carboxylic acids is 2. The maximum absolute atomic E-state index is 11.4. The zero-order chi connectivity index (χ0) is 14.3. The maximum atomic E-state index is 11.4. The molecule has 0 heterocycles. The van der Waals surface area contributed by atoms with Gasteiger partial charge in [0.05, 0.1) is 30.0 Å². The molecule has 0 saturated heterocycles. The van der Waals surface area contributed by atoms with Crippen LogP contribution in [0.4, 0.5) is 0 Å². The van der Waals surface area contributed by atoms with Crippen LogP contribution < -0.4 is 0 Å². The summed E-state index contributed by atoms with van der Waals surface area (Å²) in [5, 5.41) is 9.34. The van der Waals surface area contributed by atoms with Crippen LogP contribution in [0.25, 0.3) is 0 Å². The molecule has 0 spiro atoms. The van der Waals surface area contributed by atoms with Crippen LogP contribution in [0.1, 0.15) is 23.6 Å². The lowest BCUT2D eigenvalue weighted by molar-refractivity contribution is -0.142. The first kappa shape index (κ1) is 15.4. The molecule has 0 aliphatic heterocycles. The summed E-state index contributed by atoms with van der Waals surface area (Å²) in [5.74, 6) is -0.315. The van der Waals surface area contributed by atoms with E-state index in [1.165, 1.54) is 0 Å². The van der Waals surface area contributed by atoms with Gasteiger partial charge in [0.15, 0.2) is 0 Å². The number of alkyl halides is 1. The fourth-order valence-electron chi connectivity index (χ4n) is 1.63. The van der Waals surface area contributed by atoms with Gasteiger partial charge in [-0.3, -0.25) is 9.59 Å². The monoisotopic (exact) mass is 323 g/mol. The molecule has 0 radical (unpaired) electrons. The van der Waals surface area contributed by atoms with Crippen molar-refractivity contribution in [2.24, 2.45) is 0 Å². The first-order chi connectivity index (χ1) is 9.10. The van der Waals surface area contributed by atoms with E-state index in [9.17, 15) is 9.59 Å². The predicted molar refractivity (Wildman–Crippen MR) is 74.0 cm³/mol. The van der Waals surface area contributed by atoms with Gasteiger partial charge < -0.3 is 4.74 Å². The van der Waals surface area contributed by atoms with E-state index in [0.717, 1.165) is 0 Å². The normalized spacial score (nSPS) is 9.74. The zero-order valence-electron chi connectivity index (χ0n) is 10.6. The average molecular weight is 324 g/mol. The molecule has 1 aromatic rings. The van der Waals surface area contributed by atoms with E-state index in [-0.39, 0.29) is 29.9 Å². The lowest BCUT2D eigenvalue weighted by atomic mass is 9.99. The second-order valence-electron chi connectivity index (χ2n) is 3.93. The van der Waals surface area contributed by atoms with Gasteiger partial charge in [-0.2, -0.15) is 5.26 Å². The van der Waals surface area contributed by atoms with E-state index >= 15 is 0 Å². The van der Waals surface area contributed by atoms with Crippen LogP contribution in [0.15, 0.2) is 18.2 Å². The minimum Gasteiger partial charge on any atom is -0.466 e. The number of esters is 1. The topological polar surface area (TPSA) is 67.2 Å². The lowest BCUT2D eigenvalue weighted by Crippen LogP contribution is -2.09. The van der Waals surface area contributed by atoms with E-state index < -0.39 is 0 Å². The van der Waals surface area contributed by atoms with Crippen LogP contribution >= 0.6 is 15.9 Å². The predicted octanol–water partition coefficient (Wildman–Crippen LogP) is 2.17. The summed E-state index contributed by atoms with van der Waals surface area (Å²) >= 11 is 3.09. The van der Waals surface area contributed by atoms with Gasteiger partial charge in [0, 0.05) is 6.42 Å². The van der Waals surface area contributed by atoms with Gasteiger partial charge in [-0.15, -0.1) is 0 Å². The molecule has 0 aliphatic carbocycles. The Hall–Kier alpha value is -1.67. The number of carbonyl (C=O) groups is 2. The third-order valence-electron chi connectivity index (χ3n) is 2.49. The Morgan fingerprint density at radius 2 is 2.11 bits per heavy atom. The summed E-state index contributed by atoms with van der Waals surface area (Å²) in [5.41, 5.74) is 1.82. The number of ketones is 1. The summed E-state index contributed by atoms with van der Waals surface area (Å²) in [7, 11) is 0. The highest BCUT2D eigenvalue weighted by atomic mass is 79.9. The molecule has 0 unspecified atom stereocenters. The van der Waals surface area contributed by atoms with Crippen molar-refractivity contribution in [1.82, 2.24) is 0 Å². The maximum Gasteiger partial charge on any atom is 0.310 e. The van der Waals surface area contributed by atoms with Crippen LogP contribution in [-0.4, -0.2) is 23.7 Å². The molecule has 0 amide bonds. The molecule has 5 heteroatoms. The van der Waals surface area contributed by atoms with Gasteiger partial charge in [-0.05, 0) is 24.1 Å². The first-order valence-corrected chi connectivity index (χ1v) is 6.98. The number of ether oxygens (including phenoxy) is 1. The Labute approximate surface area is 120 Å². The van der Waals surface area contributed by atoms with E-state index in [4.69, 9.17) is 10.00 Å². The highest BCUT2D eigenvalue weighted by Crippen LogP contribution is 2.14. The molecule has 0 bridgehead atoms. The van der Waals surface area contributed by atoms with Crippen LogP contribution in [0.3, 0.4) is 0 Å². The number of nitriles is 1. The second kappa shape index (κ2) is 7.70. The van der Waals surface area contributed by atoms with Crippen molar-refractivity contribution in [3.05, 3.63) is 34.9 Å². The highest BCUT2D eigenvalue weighted by Gasteiger charge is 2.10. The third kappa shape index (κ3) is 4.84.